The second-order valence-corrected chi connectivity index (χ2v) is 32.3. The number of carbonyl (C=O) groups excluding carboxylic acids is 4. The van der Waals surface area contributed by atoms with Gasteiger partial charge < -0.3 is 33.8 Å². The van der Waals surface area contributed by atoms with Crippen molar-refractivity contribution in [3.8, 4) is 0 Å². The third kappa shape index (κ3) is 69.2. The van der Waals surface area contributed by atoms with Crippen LogP contribution in [0, 0.1) is 23.7 Å². The van der Waals surface area contributed by atoms with Gasteiger partial charge in [-0.3, -0.25) is 37.3 Å². The van der Waals surface area contributed by atoms with Gasteiger partial charge in [0.1, 0.15) is 19.3 Å². The van der Waals surface area contributed by atoms with Crippen LogP contribution in [0.25, 0.3) is 0 Å². The van der Waals surface area contributed by atoms with E-state index < -0.39 is 97.5 Å². The average molecular weight is 1410 g/mol. The van der Waals surface area contributed by atoms with Crippen molar-refractivity contribution >= 4 is 39.5 Å². The van der Waals surface area contributed by atoms with Gasteiger partial charge in [0.15, 0.2) is 12.2 Å². The lowest BCUT2D eigenvalue weighted by atomic mass is 10.00. The Hall–Kier alpha value is -1.94. The summed E-state index contributed by atoms with van der Waals surface area (Å²) in [6, 6.07) is 0. The zero-order chi connectivity index (χ0) is 71.0. The highest BCUT2D eigenvalue weighted by Crippen LogP contribution is 2.45. The lowest BCUT2D eigenvalue weighted by molar-refractivity contribution is -0.161. The molecule has 570 valence electrons. The van der Waals surface area contributed by atoms with Gasteiger partial charge in [-0.15, -0.1) is 0 Å². The normalized spacial score (nSPS) is 14.4. The molecule has 0 aromatic heterocycles. The summed E-state index contributed by atoms with van der Waals surface area (Å²) in [5.74, 6) is 0.954. The number of phosphoric ester groups is 2. The van der Waals surface area contributed by atoms with Crippen LogP contribution >= 0.6 is 15.6 Å². The number of hydrogen-bond acceptors (Lipinski definition) is 15. The van der Waals surface area contributed by atoms with Crippen LogP contribution in [-0.2, 0) is 65.4 Å². The van der Waals surface area contributed by atoms with E-state index in [-0.39, 0.29) is 25.7 Å². The van der Waals surface area contributed by atoms with Gasteiger partial charge in [-0.25, -0.2) is 9.13 Å². The van der Waals surface area contributed by atoms with Crippen molar-refractivity contribution in [2.75, 3.05) is 39.6 Å². The summed E-state index contributed by atoms with van der Waals surface area (Å²) in [4.78, 5) is 72.9. The zero-order valence-corrected chi connectivity index (χ0v) is 64.8. The second-order valence-electron chi connectivity index (χ2n) is 29.4. The summed E-state index contributed by atoms with van der Waals surface area (Å²) < 4.78 is 68.6. The number of phosphoric acid groups is 2. The summed E-state index contributed by atoms with van der Waals surface area (Å²) in [6.07, 6.45) is 51.3. The largest absolute Gasteiger partial charge is 0.472 e. The molecule has 0 heterocycles. The Morgan fingerprint density at radius 3 is 0.740 bits per heavy atom. The van der Waals surface area contributed by atoms with Crippen LogP contribution < -0.4 is 0 Å². The average Bonchev–Trinajstić information content (AvgIpc) is 1.19. The van der Waals surface area contributed by atoms with Gasteiger partial charge in [-0.2, -0.15) is 0 Å². The quantitative estimate of drug-likeness (QED) is 0.0222. The first kappa shape index (κ1) is 94.1. The molecule has 0 amide bonds. The minimum atomic E-state index is -4.96. The Kier molecular flexibility index (Phi) is 65.0. The van der Waals surface area contributed by atoms with Gasteiger partial charge >= 0.3 is 39.5 Å². The van der Waals surface area contributed by atoms with Gasteiger partial charge in [0.2, 0.25) is 0 Å². The third-order valence-electron chi connectivity index (χ3n) is 18.2. The standard InChI is InChI=1S/C77H150O17P2/c1-9-70(8)56-48-40-35-36-42-50-58-75(80)88-64-73(94-77(82)60-52-44-34-28-22-16-19-25-31-39-47-55-69(6)7)66-92-96(85,86)90-62-71(78)61-89-95(83,84)91-65-72(63-87-74(79)57-49-41-32-26-20-15-14-18-24-30-38-46-54-68(4)5)93-76(81)59-51-43-33-27-21-13-11-10-12-17-23-29-37-45-53-67(2)3/h67-73,78H,9-66H2,1-8H3,(H,83,84)(H,85,86)/t70?,71-,72-,73-/m1/s1. The van der Waals surface area contributed by atoms with Gasteiger partial charge in [-0.1, -0.05) is 338 Å². The predicted molar refractivity (Wildman–Crippen MR) is 391 cm³/mol. The van der Waals surface area contributed by atoms with Gasteiger partial charge in [0.25, 0.3) is 0 Å². The van der Waals surface area contributed by atoms with E-state index in [1.807, 2.05) is 0 Å². The van der Waals surface area contributed by atoms with E-state index >= 15 is 0 Å². The molecule has 0 spiro atoms. The molecular formula is C77H150O17P2. The van der Waals surface area contributed by atoms with Crippen molar-refractivity contribution < 1.29 is 80.2 Å². The number of carbonyl (C=O) groups is 4. The van der Waals surface area contributed by atoms with Crippen molar-refractivity contribution in [3.63, 3.8) is 0 Å². The first-order chi connectivity index (χ1) is 46.1. The van der Waals surface area contributed by atoms with Crippen molar-refractivity contribution in [2.45, 2.75) is 408 Å². The molecule has 3 N–H and O–H groups in total. The number of aliphatic hydroxyl groups is 1. The van der Waals surface area contributed by atoms with E-state index in [1.54, 1.807) is 0 Å². The van der Waals surface area contributed by atoms with Gasteiger partial charge in [-0.05, 0) is 49.4 Å². The lowest BCUT2D eigenvalue weighted by Gasteiger charge is -2.21. The molecule has 0 radical (unpaired) electrons. The molecule has 0 aromatic rings. The molecule has 0 saturated carbocycles. The molecule has 0 aromatic carbocycles. The first-order valence-corrected chi connectivity index (χ1v) is 42.7. The maximum Gasteiger partial charge on any atom is 0.472 e. The minimum absolute atomic E-state index is 0.105. The van der Waals surface area contributed by atoms with E-state index in [0.29, 0.717) is 25.7 Å². The molecule has 17 nitrogen and oxygen atoms in total. The summed E-state index contributed by atoms with van der Waals surface area (Å²) >= 11 is 0. The van der Waals surface area contributed by atoms with Crippen molar-refractivity contribution in [1.29, 1.82) is 0 Å². The van der Waals surface area contributed by atoms with Crippen molar-refractivity contribution in [2.24, 2.45) is 23.7 Å². The number of rotatable bonds is 74. The molecular weight excluding hydrogens is 1260 g/mol. The fraction of sp³-hybridized carbons (Fsp3) is 0.948. The van der Waals surface area contributed by atoms with Crippen LogP contribution in [0.5, 0.6) is 0 Å². The van der Waals surface area contributed by atoms with Crippen LogP contribution in [-0.4, -0.2) is 96.7 Å². The smallest absolute Gasteiger partial charge is 0.462 e. The monoisotopic (exact) mass is 1410 g/mol. The van der Waals surface area contributed by atoms with Gasteiger partial charge in [0.05, 0.1) is 26.4 Å². The Bertz CT molecular complexity index is 1890. The maximum absolute atomic E-state index is 13.1. The molecule has 6 atom stereocenters. The SMILES string of the molecule is CCC(C)CCCCCCCCC(=O)OC[C@H](COP(=O)(O)OC[C@H](O)COP(=O)(O)OC[C@@H](COC(=O)CCCCCCCCCCCCCCC(C)C)OC(=O)CCCCCCCCCCCCCCCCC(C)C)OC(=O)CCCCCCCCCCCCCC(C)C. The highest BCUT2D eigenvalue weighted by Gasteiger charge is 2.30. The van der Waals surface area contributed by atoms with Crippen LogP contribution in [0.4, 0.5) is 0 Å². The van der Waals surface area contributed by atoms with Crippen LogP contribution in [0.1, 0.15) is 389 Å². The lowest BCUT2D eigenvalue weighted by Crippen LogP contribution is -2.30. The molecule has 0 aliphatic carbocycles. The predicted octanol–water partition coefficient (Wildman–Crippen LogP) is 22.4. The van der Waals surface area contributed by atoms with Crippen LogP contribution in [0.3, 0.4) is 0 Å². The molecule has 0 aliphatic heterocycles. The second kappa shape index (κ2) is 66.3. The molecule has 0 bridgehead atoms. The topological polar surface area (TPSA) is 237 Å². The molecule has 0 fully saturated rings. The van der Waals surface area contributed by atoms with Crippen LogP contribution in [0.2, 0.25) is 0 Å². The molecule has 0 aliphatic rings. The number of aliphatic hydroxyl groups excluding tert-OH is 1. The molecule has 0 saturated heterocycles. The maximum atomic E-state index is 13.1. The first-order valence-electron chi connectivity index (χ1n) is 39.7. The molecule has 0 rings (SSSR count). The Morgan fingerprint density at radius 2 is 0.500 bits per heavy atom. The Labute approximate surface area is 588 Å². The third-order valence-corrected chi connectivity index (χ3v) is 20.1. The van der Waals surface area contributed by atoms with Crippen molar-refractivity contribution in [1.82, 2.24) is 0 Å². The van der Waals surface area contributed by atoms with E-state index in [4.69, 9.17) is 37.0 Å². The van der Waals surface area contributed by atoms with Gasteiger partial charge in [0, 0.05) is 25.7 Å². The summed E-state index contributed by atoms with van der Waals surface area (Å²) in [6.45, 7) is 14.2. The number of ether oxygens (including phenoxy) is 4. The fourth-order valence-electron chi connectivity index (χ4n) is 11.7. The van der Waals surface area contributed by atoms with Crippen molar-refractivity contribution in [3.05, 3.63) is 0 Å². The minimum Gasteiger partial charge on any atom is -0.462 e. The highest BCUT2D eigenvalue weighted by atomic mass is 31.2. The number of hydrogen-bond donors (Lipinski definition) is 3. The number of esters is 4. The molecule has 19 heteroatoms. The summed E-state index contributed by atoms with van der Waals surface area (Å²) in [5.41, 5.74) is 0. The van der Waals surface area contributed by atoms with E-state index in [0.717, 1.165) is 120 Å². The molecule has 96 heavy (non-hydrogen) atoms. The Morgan fingerprint density at radius 1 is 0.292 bits per heavy atom. The molecule has 3 unspecified atom stereocenters. The zero-order valence-electron chi connectivity index (χ0n) is 63.0. The number of unbranched alkanes of at least 4 members (excludes halogenated alkanes) is 39. The highest BCUT2D eigenvalue weighted by molar-refractivity contribution is 7.47. The van der Waals surface area contributed by atoms with E-state index in [9.17, 15) is 43.2 Å². The van der Waals surface area contributed by atoms with E-state index in [2.05, 4.69) is 55.4 Å². The summed E-state index contributed by atoms with van der Waals surface area (Å²) in [5, 5.41) is 10.6. The summed E-state index contributed by atoms with van der Waals surface area (Å²) in [7, 11) is -9.92. The van der Waals surface area contributed by atoms with E-state index in [1.165, 1.54) is 186 Å². The Balaban J connectivity index is 5.26. The fourth-order valence-corrected chi connectivity index (χ4v) is 13.3. The van der Waals surface area contributed by atoms with Crippen LogP contribution in [0.15, 0.2) is 0 Å².